The summed E-state index contributed by atoms with van der Waals surface area (Å²) in [5.41, 5.74) is -0.716. The summed E-state index contributed by atoms with van der Waals surface area (Å²) in [7, 11) is 0. The fraction of sp³-hybridized carbons (Fsp3) is 0.300. The molecule has 1 aromatic rings. The molecule has 1 aromatic carbocycles. The van der Waals surface area contributed by atoms with E-state index < -0.39 is 23.6 Å². The van der Waals surface area contributed by atoms with Crippen molar-refractivity contribution in [3.63, 3.8) is 0 Å². The Kier molecular flexibility index (Phi) is 4.35. The standard InChI is InChI=1S/C10H8BrF3O2/c1-2-16-6-4-3-5(11)8(12)7(6)9(15)10(13)14/h3-4,10H,2H2,1H3. The summed E-state index contributed by atoms with van der Waals surface area (Å²) in [6, 6.07) is 2.56. The number of benzene rings is 1. The van der Waals surface area contributed by atoms with Gasteiger partial charge in [0.2, 0.25) is 5.78 Å². The van der Waals surface area contributed by atoms with Crippen LogP contribution in [0.3, 0.4) is 0 Å². The maximum absolute atomic E-state index is 13.5. The van der Waals surface area contributed by atoms with Crippen LogP contribution in [0.1, 0.15) is 17.3 Å². The molecule has 0 heterocycles. The van der Waals surface area contributed by atoms with Gasteiger partial charge in [0.25, 0.3) is 0 Å². The molecule has 0 radical (unpaired) electrons. The Morgan fingerprint density at radius 1 is 1.50 bits per heavy atom. The topological polar surface area (TPSA) is 26.3 Å². The molecule has 0 saturated heterocycles. The zero-order valence-corrected chi connectivity index (χ0v) is 9.85. The predicted octanol–water partition coefficient (Wildman–Crippen LogP) is 3.43. The molecule has 0 aliphatic carbocycles. The van der Waals surface area contributed by atoms with Gasteiger partial charge in [0.1, 0.15) is 11.3 Å². The SMILES string of the molecule is CCOc1ccc(Br)c(F)c1C(=O)C(F)F. The normalized spacial score (nSPS) is 10.6. The van der Waals surface area contributed by atoms with Crippen LogP contribution in [-0.2, 0) is 0 Å². The number of ketones is 1. The second-order valence-corrected chi connectivity index (χ2v) is 3.69. The van der Waals surface area contributed by atoms with E-state index in [1.807, 2.05) is 0 Å². The van der Waals surface area contributed by atoms with Crippen LogP contribution in [0.2, 0.25) is 0 Å². The molecule has 16 heavy (non-hydrogen) atoms. The number of halogens is 4. The first-order valence-corrected chi connectivity index (χ1v) is 5.21. The molecule has 0 bridgehead atoms. The first-order valence-electron chi connectivity index (χ1n) is 4.42. The number of rotatable bonds is 4. The van der Waals surface area contributed by atoms with Crippen molar-refractivity contribution in [2.75, 3.05) is 6.61 Å². The van der Waals surface area contributed by atoms with Crippen molar-refractivity contribution in [3.05, 3.63) is 28.0 Å². The first kappa shape index (κ1) is 13.0. The molecule has 0 aromatic heterocycles. The van der Waals surface area contributed by atoms with E-state index in [0.29, 0.717) is 0 Å². The van der Waals surface area contributed by atoms with Crippen molar-refractivity contribution in [3.8, 4) is 5.75 Å². The highest BCUT2D eigenvalue weighted by atomic mass is 79.9. The van der Waals surface area contributed by atoms with Crippen LogP contribution in [0.4, 0.5) is 13.2 Å². The Bertz CT molecular complexity index is 407. The zero-order chi connectivity index (χ0) is 12.3. The molecule has 88 valence electrons. The van der Waals surface area contributed by atoms with E-state index in [-0.39, 0.29) is 16.8 Å². The van der Waals surface area contributed by atoms with Crippen molar-refractivity contribution in [2.45, 2.75) is 13.3 Å². The molecule has 0 saturated carbocycles. The fourth-order valence-electron chi connectivity index (χ4n) is 1.15. The summed E-state index contributed by atoms with van der Waals surface area (Å²) in [5, 5.41) is 0. The number of carbonyl (C=O) groups is 1. The fourth-order valence-corrected chi connectivity index (χ4v) is 1.48. The third-order valence-corrected chi connectivity index (χ3v) is 2.41. The lowest BCUT2D eigenvalue weighted by Crippen LogP contribution is -2.14. The van der Waals surface area contributed by atoms with Gasteiger partial charge < -0.3 is 4.74 Å². The minimum absolute atomic E-state index is 0.0556. The van der Waals surface area contributed by atoms with Crippen LogP contribution in [-0.4, -0.2) is 18.8 Å². The highest BCUT2D eigenvalue weighted by molar-refractivity contribution is 9.10. The highest BCUT2D eigenvalue weighted by Gasteiger charge is 2.27. The molecule has 0 fully saturated rings. The monoisotopic (exact) mass is 296 g/mol. The van der Waals surface area contributed by atoms with Crippen LogP contribution in [0.5, 0.6) is 5.75 Å². The Balaban J connectivity index is 3.31. The first-order chi connectivity index (χ1) is 7.49. The van der Waals surface area contributed by atoms with Crippen LogP contribution in [0.15, 0.2) is 16.6 Å². The van der Waals surface area contributed by atoms with E-state index in [2.05, 4.69) is 15.9 Å². The Hall–Kier alpha value is -1.04. The number of ether oxygens (including phenoxy) is 1. The van der Waals surface area contributed by atoms with Gasteiger partial charge in [-0.15, -0.1) is 0 Å². The van der Waals surface area contributed by atoms with Gasteiger partial charge in [0.05, 0.1) is 11.1 Å². The molecule has 0 amide bonds. The largest absolute Gasteiger partial charge is 0.493 e. The molecule has 0 N–H and O–H groups in total. The van der Waals surface area contributed by atoms with Gasteiger partial charge in [-0.1, -0.05) is 0 Å². The van der Waals surface area contributed by atoms with E-state index in [1.54, 1.807) is 6.92 Å². The van der Waals surface area contributed by atoms with Gasteiger partial charge in [-0.25, -0.2) is 13.2 Å². The van der Waals surface area contributed by atoms with E-state index in [9.17, 15) is 18.0 Å². The summed E-state index contributed by atoms with van der Waals surface area (Å²) < 4.78 is 42.9. The lowest BCUT2D eigenvalue weighted by Gasteiger charge is -2.10. The van der Waals surface area contributed by atoms with Crippen LogP contribution >= 0.6 is 15.9 Å². The number of hydrogen-bond donors (Lipinski definition) is 0. The average molecular weight is 297 g/mol. The molecule has 6 heteroatoms. The Morgan fingerprint density at radius 2 is 2.12 bits per heavy atom. The highest BCUT2D eigenvalue weighted by Crippen LogP contribution is 2.29. The summed E-state index contributed by atoms with van der Waals surface area (Å²) in [6.45, 7) is 1.77. The van der Waals surface area contributed by atoms with Gasteiger partial charge >= 0.3 is 6.43 Å². The molecule has 0 unspecified atom stereocenters. The van der Waals surface area contributed by atoms with E-state index in [1.165, 1.54) is 12.1 Å². The number of hydrogen-bond acceptors (Lipinski definition) is 2. The van der Waals surface area contributed by atoms with Crippen LogP contribution in [0.25, 0.3) is 0 Å². The number of carbonyl (C=O) groups excluding carboxylic acids is 1. The van der Waals surface area contributed by atoms with E-state index in [0.717, 1.165) is 0 Å². The minimum atomic E-state index is -3.26. The lowest BCUT2D eigenvalue weighted by molar-refractivity contribution is 0.0669. The third-order valence-electron chi connectivity index (χ3n) is 1.80. The quantitative estimate of drug-likeness (QED) is 0.796. The van der Waals surface area contributed by atoms with Gasteiger partial charge in [-0.3, -0.25) is 4.79 Å². The second kappa shape index (κ2) is 5.34. The Labute approximate surface area is 98.5 Å². The van der Waals surface area contributed by atoms with Gasteiger partial charge in [0.15, 0.2) is 5.82 Å². The molecule has 0 aliphatic rings. The summed E-state index contributed by atoms with van der Waals surface area (Å²) in [4.78, 5) is 11.1. The van der Waals surface area contributed by atoms with Crippen molar-refractivity contribution < 1.29 is 22.7 Å². The molecule has 2 nitrogen and oxygen atoms in total. The van der Waals surface area contributed by atoms with Crippen molar-refractivity contribution in [1.82, 2.24) is 0 Å². The van der Waals surface area contributed by atoms with Gasteiger partial charge in [-0.2, -0.15) is 0 Å². The maximum Gasteiger partial charge on any atom is 0.300 e. The van der Waals surface area contributed by atoms with Gasteiger partial charge in [-0.05, 0) is 35.0 Å². The van der Waals surface area contributed by atoms with Crippen LogP contribution < -0.4 is 4.74 Å². The van der Waals surface area contributed by atoms with E-state index in [4.69, 9.17) is 4.74 Å². The van der Waals surface area contributed by atoms with E-state index >= 15 is 0 Å². The van der Waals surface area contributed by atoms with Crippen molar-refractivity contribution in [1.29, 1.82) is 0 Å². The molecule has 0 atom stereocenters. The van der Waals surface area contributed by atoms with Gasteiger partial charge in [0, 0.05) is 0 Å². The molecule has 1 rings (SSSR count). The summed E-state index contributed by atoms with van der Waals surface area (Å²) in [6.07, 6.45) is -3.26. The van der Waals surface area contributed by atoms with Crippen LogP contribution in [0, 0.1) is 5.82 Å². The van der Waals surface area contributed by atoms with Crippen molar-refractivity contribution >= 4 is 21.7 Å². The number of alkyl halides is 2. The minimum Gasteiger partial charge on any atom is -0.493 e. The van der Waals surface area contributed by atoms with Crippen molar-refractivity contribution in [2.24, 2.45) is 0 Å². The smallest absolute Gasteiger partial charge is 0.300 e. The molecular weight excluding hydrogens is 289 g/mol. The number of Topliss-reactive ketones (excluding diaryl/α,β-unsaturated/α-hetero) is 1. The maximum atomic E-state index is 13.5. The summed E-state index contributed by atoms with van der Waals surface area (Å²) in [5.74, 6) is -2.79. The lowest BCUT2D eigenvalue weighted by atomic mass is 10.1. The second-order valence-electron chi connectivity index (χ2n) is 2.83. The summed E-state index contributed by atoms with van der Waals surface area (Å²) >= 11 is 2.82. The molecule has 0 aliphatic heterocycles. The zero-order valence-electron chi connectivity index (χ0n) is 8.27. The molecular formula is C10H8BrF3O2. The predicted molar refractivity (Wildman–Crippen MR) is 55.6 cm³/mol. The average Bonchev–Trinajstić information content (AvgIpc) is 2.23. The molecule has 0 spiro atoms. The Morgan fingerprint density at radius 3 is 2.62 bits per heavy atom. The third kappa shape index (κ3) is 2.55.